The van der Waals surface area contributed by atoms with Gasteiger partial charge in [-0.05, 0) is 29.9 Å². The number of benzene rings is 1. The first kappa shape index (κ1) is 22.9. The monoisotopic (exact) mass is 424 g/mol. The number of aliphatic carboxylic acids is 1. The van der Waals surface area contributed by atoms with Crippen molar-refractivity contribution in [1.82, 2.24) is 5.32 Å². The molecule has 0 radical (unpaired) electrons. The molecule has 1 amide bonds. The number of amides is 1. The van der Waals surface area contributed by atoms with Crippen LogP contribution in [0.4, 0.5) is 4.79 Å². The summed E-state index contributed by atoms with van der Waals surface area (Å²) < 4.78 is 9.72. The molecule has 1 aliphatic rings. The van der Waals surface area contributed by atoms with Crippen LogP contribution in [0.25, 0.3) is 0 Å². The SMILES string of the molecule is O=C(O)CC1(CNC(=O)OCOC(=O)c2ccccc2CO[N+](=O)[O-])CCCCC1. The van der Waals surface area contributed by atoms with Crippen LogP contribution in [0.2, 0.25) is 0 Å². The predicted octanol–water partition coefficient (Wildman–Crippen LogP) is 2.66. The van der Waals surface area contributed by atoms with Gasteiger partial charge >= 0.3 is 18.0 Å². The first-order valence-electron chi connectivity index (χ1n) is 9.46. The lowest BCUT2D eigenvalue weighted by Crippen LogP contribution is -2.40. The van der Waals surface area contributed by atoms with E-state index in [1.807, 2.05) is 0 Å². The van der Waals surface area contributed by atoms with Gasteiger partial charge in [0.1, 0.15) is 6.61 Å². The fraction of sp³-hybridized carbons (Fsp3) is 0.526. The topological polar surface area (TPSA) is 154 Å². The van der Waals surface area contributed by atoms with Gasteiger partial charge in [-0.2, -0.15) is 0 Å². The van der Waals surface area contributed by atoms with Crippen molar-refractivity contribution < 1.29 is 38.9 Å². The summed E-state index contributed by atoms with van der Waals surface area (Å²) >= 11 is 0. The van der Waals surface area contributed by atoms with E-state index in [9.17, 15) is 24.5 Å². The normalized spacial score (nSPS) is 14.9. The lowest BCUT2D eigenvalue weighted by molar-refractivity contribution is -0.763. The Morgan fingerprint density at radius 1 is 1.13 bits per heavy atom. The molecule has 11 heteroatoms. The summed E-state index contributed by atoms with van der Waals surface area (Å²) in [5.74, 6) is -1.75. The van der Waals surface area contributed by atoms with Crippen LogP contribution in [-0.2, 0) is 25.7 Å². The van der Waals surface area contributed by atoms with E-state index in [1.54, 1.807) is 12.1 Å². The highest BCUT2D eigenvalue weighted by Gasteiger charge is 2.34. The summed E-state index contributed by atoms with van der Waals surface area (Å²) in [6.45, 7) is -0.931. The molecule has 0 aliphatic heterocycles. The zero-order chi connectivity index (χ0) is 22.0. The average molecular weight is 424 g/mol. The number of carboxylic acid groups (broad SMARTS) is 1. The number of alkyl carbamates (subject to hydrolysis) is 1. The van der Waals surface area contributed by atoms with E-state index in [1.165, 1.54) is 12.1 Å². The number of nitrogens with one attached hydrogen (secondary N) is 1. The maximum absolute atomic E-state index is 12.1. The average Bonchev–Trinajstić information content (AvgIpc) is 2.71. The summed E-state index contributed by atoms with van der Waals surface area (Å²) in [4.78, 5) is 49.8. The van der Waals surface area contributed by atoms with Crippen LogP contribution in [0.1, 0.15) is 54.4 Å². The molecule has 0 saturated heterocycles. The molecular weight excluding hydrogens is 400 g/mol. The molecule has 0 unspecified atom stereocenters. The molecular formula is C19H24N2O9. The van der Waals surface area contributed by atoms with Crippen LogP contribution >= 0.6 is 0 Å². The third-order valence-corrected chi connectivity index (χ3v) is 4.99. The Morgan fingerprint density at radius 3 is 2.50 bits per heavy atom. The van der Waals surface area contributed by atoms with E-state index in [4.69, 9.17) is 14.6 Å². The number of nitrogens with zero attached hydrogens (tertiary/aromatic N) is 1. The summed E-state index contributed by atoms with van der Waals surface area (Å²) in [5.41, 5.74) is -0.210. The van der Waals surface area contributed by atoms with Crippen molar-refractivity contribution in [2.24, 2.45) is 5.41 Å². The number of hydrogen-bond donors (Lipinski definition) is 2. The highest BCUT2D eigenvalue weighted by atomic mass is 16.9. The van der Waals surface area contributed by atoms with Crippen LogP contribution in [0.5, 0.6) is 0 Å². The third kappa shape index (κ3) is 7.22. The summed E-state index contributed by atoms with van der Waals surface area (Å²) in [5, 5.41) is 21.1. The Bertz CT molecular complexity index is 775. The van der Waals surface area contributed by atoms with E-state index >= 15 is 0 Å². The molecule has 2 N–H and O–H groups in total. The molecule has 1 saturated carbocycles. The maximum atomic E-state index is 12.1. The maximum Gasteiger partial charge on any atom is 0.410 e. The minimum absolute atomic E-state index is 0.0364. The molecule has 0 aromatic heterocycles. The van der Waals surface area contributed by atoms with Crippen LogP contribution in [0.15, 0.2) is 24.3 Å². The minimum atomic E-state index is -0.973. The summed E-state index contributed by atoms with van der Waals surface area (Å²) in [6.07, 6.45) is 3.39. The molecule has 0 spiro atoms. The molecule has 1 aliphatic carbocycles. The summed E-state index contributed by atoms with van der Waals surface area (Å²) in [7, 11) is 0. The first-order chi connectivity index (χ1) is 14.3. The smallest absolute Gasteiger partial charge is 0.410 e. The number of carbonyl (C=O) groups is 3. The molecule has 1 aromatic carbocycles. The molecule has 2 rings (SSSR count). The quantitative estimate of drug-likeness (QED) is 0.249. The molecule has 0 heterocycles. The molecule has 0 bridgehead atoms. The van der Waals surface area contributed by atoms with Gasteiger partial charge in [0.2, 0.25) is 6.79 Å². The van der Waals surface area contributed by atoms with Crippen molar-refractivity contribution in [3.8, 4) is 0 Å². The highest BCUT2D eigenvalue weighted by molar-refractivity contribution is 5.91. The molecule has 30 heavy (non-hydrogen) atoms. The minimum Gasteiger partial charge on any atom is -0.481 e. The van der Waals surface area contributed by atoms with E-state index in [0.717, 1.165) is 19.3 Å². The fourth-order valence-electron chi connectivity index (χ4n) is 3.53. The number of rotatable bonds is 10. The first-order valence-corrected chi connectivity index (χ1v) is 9.46. The van der Waals surface area contributed by atoms with Crippen molar-refractivity contribution in [3.05, 3.63) is 45.5 Å². The number of carbonyl (C=O) groups excluding carboxylic acids is 2. The lowest BCUT2D eigenvalue weighted by Gasteiger charge is -2.36. The van der Waals surface area contributed by atoms with E-state index in [2.05, 4.69) is 10.2 Å². The van der Waals surface area contributed by atoms with Gasteiger partial charge in [-0.1, -0.05) is 37.5 Å². The second kappa shape index (κ2) is 11.0. The largest absolute Gasteiger partial charge is 0.481 e. The fourth-order valence-corrected chi connectivity index (χ4v) is 3.53. The number of hydrogen-bond acceptors (Lipinski definition) is 8. The standard InChI is InChI=1S/C19H24N2O9/c22-16(23)10-19(8-4-1-5-9-19)12-20-18(25)29-13-28-17(24)15-7-3-2-6-14(15)11-30-21(26)27/h2-3,6-7H,1,4-5,8-13H2,(H,20,25)(H,22,23). The van der Waals surface area contributed by atoms with Gasteiger partial charge in [-0.3, -0.25) is 4.79 Å². The molecule has 164 valence electrons. The van der Waals surface area contributed by atoms with E-state index < -0.39 is 41.9 Å². The van der Waals surface area contributed by atoms with Crippen LogP contribution in [-0.4, -0.2) is 41.6 Å². The third-order valence-electron chi connectivity index (χ3n) is 4.99. The van der Waals surface area contributed by atoms with E-state index in [0.29, 0.717) is 12.8 Å². The van der Waals surface area contributed by atoms with Gasteiger partial charge in [0.05, 0.1) is 12.0 Å². The molecule has 11 nitrogen and oxygen atoms in total. The van der Waals surface area contributed by atoms with Gasteiger partial charge in [-0.15, -0.1) is 10.1 Å². The molecule has 1 aromatic rings. The number of esters is 1. The number of ether oxygens (including phenoxy) is 2. The second-order valence-electron chi connectivity index (χ2n) is 7.12. The van der Waals surface area contributed by atoms with Gasteiger partial charge in [-0.25, -0.2) is 9.59 Å². The molecule has 1 fully saturated rings. The zero-order valence-corrected chi connectivity index (χ0v) is 16.3. The predicted molar refractivity (Wildman–Crippen MR) is 101 cm³/mol. The Kier molecular flexibility index (Phi) is 8.39. The van der Waals surface area contributed by atoms with Crippen molar-refractivity contribution in [2.75, 3.05) is 13.3 Å². The van der Waals surface area contributed by atoms with Crippen molar-refractivity contribution in [1.29, 1.82) is 0 Å². The van der Waals surface area contributed by atoms with Crippen molar-refractivity contribution in [3.63, 3.8) is 0 Å². The van der Waals surface area contributed by atoms with Crippen molar-refractivity contribution >= 4 is 18.0 Å². The summed E-state index contributed by atoms with van der Waals surface area (Å²) in [6, 6.07) is 6.00. The van der Waals surface area contributed by atoms with Crippen molar-refractivity contribution in [2.45, 2.75) is 45.1 Å². The van der Waals surface area contributed by atoms with Gasteiger partial charge in [0, 0.05) is 6.54 Å². The second-order valence-corrected chi connectivity index (χ2v) is 7.12. The Labute approximate surface area is 172 Å². The van der Waals surface area contributed by atoms with Crippen LogP contribution in [0.3, 0.4) is 0 Å². The van der Waals surface area contributed by atoms with Gasteiger partial charge < -0.3 is 24.7 Å². The van der Waals surface area contributed by atoms with Gasteiger partial charge in [0.15, 0.2) is 0 Å². The number of carboxylic acids is 1. The highest BCUT2D eigenvalue weighted by Crippen LogP contribution is 2.38. The van der Waals surface area contributed by atoms with Crippen LogP contribution in [0, 0.1) is 15.5 Å². The van der Waals surface area contributed by atoms with E-state index in [-0.39, 0.29) is 24.1 Å². The van der Waals surface area contributed by atoms with Crippen LogP contribution < -0.4 is 5.32 Å². The lowest BCUT2D eigenvalue weighted by atomic mass is 9.72. The Morgan fingerprint density at radius 2 is 1.83 bits per heavy atom. The molecule has 0 atom stereocenters. The zero-order valence-electron chi connectivity index (χ0n) is 16.3. The van der Waals surface area contributed by atoms with Gasteiger partial charge in [0.25, 0.3) is 5.09 Å². The Hall–Kier alpha value is -3.37. The Balaban J connectivity index is 1.81.